The normalized spacial score (nSPS) is 10.8. The van der Waals surface area contributed by atoms with E-state index in [2.05, 4.69) is 10.1 Å². The highest BCUT2D eigenvalue weighted by molar-refractivity contribution is 6.31. The van der Waals surface area contributed by atoms with E-state index < -0.39 is 0 Å². The molecule has 4 heteroatoms. The third-order valence-corrected chi connectivity index (χ3v) is 2.57. The van der Waals surface area contributed by atoms with E-state index in [0.717, 1.165) is 16.6 Å². The Kier molecular flexibility index (Phi) is 2.11. The average molecular weight is 231 g/mol. The number of fused-ring (bicyclic) bond motifs is 1. The Balaban J connectivity index is 2.29. The van der Waals surface area contributed by atoms with Gasteiger partial charge < -0.3 is 4.52 Å². The average Bonchev–Trinajstić information content (AvgIpc) is 2.73. The summed E-state index contributed by atoms with van der Waals surface area (Å²) in [6.45, 7) is 0. The molecule has 0 saturated carbocycles. The van der Waals surface area contributed by atoms with Crippen molar-refractivity contribution >= 4 is 22.5 Å². The Hall–Kier alpha value is -1.87. The minimum atomic E-state index is 0.651. The molecule has 3 aromatic rings. The van der Waals surface area contributed by atoms with Crippen molar-refractivity contribution in [3.05, 3.63) is 47.6 Å². The minimum Gasteiger partial charge on any atom is -0.353 e. The third kappa shape index (κ3) is 1.46. The van der Waals surface area contributed by atoms with Gasteiger partial charge in [-0.15, -0.1) is 0 Å². The molecule has 0 spiro atoms. The van der Waals surface area contributed by atoms with Crippen molar-refractivity contribution in [2.24, 2.45) is 0 Å². The van der Waals surface area contributed by atoms with Crippen LogP contribution in [0.4, 0.5) is 0 Å². The van der Waals surface area contributed by atoms with Crippen molar-refractivity contribution in [1.29, 1.82) is 0 Å². The molecule has 3 rings (SSSR count). The van der Waals surface area contributed by atoms with E-state index in [1.807, 2.05) is 30.3 Å². The molecule has 0 unspecified atom stereocenters. The molecule has 3 nitrogen and oxygen atoms in total. The first kappa shape index (κ1) is 9.36. The van der Waals surface area contributed by atoms with Gasteiger partial charge in [-0.3, -0.25) is 4.98 Å². The monoisotopic (exact) mass is 230 g/mol. The zero-order valence-electron chi connectivity index (χ0n) is 8.22. The van der Waals surface area contributed by atoms with Crippen LogP contribution in [0.25, 0.3) is 22.4 Å². The standard InChI is InChI=1S/C12H7ClN2O/c13-8-4-5-10-9(7-8)12(16-15-10)11-3-1-2-6-14-11/h1-7H. The Labute approximate surface area is 96.7 Å². The number of rotatable bonds is 1. The predicted octanol–water partition coefficient (Wildman–Crippen LogP) is 3.54. The van der Waals surface area contributed by atoms with Crippen LogP contribution >= 0.6 is 11.6 Å². The van der Waals surface area contributed by atoms with Gasteiger partial charge in [0.2, 0.25) is 0 Å². The van der Waals surface area contributed by atoms with Crippen molar-refractivity contribution in [3.8, 4) is 11.5 Å². The summed E-state index contributed by atoms with van der Waals surface area (Å²) >= 11 is 5.95. The van der Waals surface area contributed by atoms with Crippen LogP contribution in [0.2, 0.25) is 5.02 Å². The fraction of sp³-hybridized carbons (Fsp3) is 0. The number of pyridine rings is 1. The highest BCUT2D eigenvalue weighted by Gasteiger charge is 2.11. The summed E-state index contributed by atoms with van der Waals surface area (Å²) in [6.07, 6.45) is 1.72. The summed E-state index contributed by atoms with van der Waals surface area (Å²) in [4.78, 5) is 4.22. The summed E-state index contributed by atoms with van der Waals surface area (Å²) in [5.41, 5.74) is 1.54. The summed E-state index contributed by atoms with van der Waals surface area (Å²) < 4.78 is 5.28. The SMILES string of the molecule is Clc1ccc2noc(-c3ccccn3)c2c1. The Morgan fingerprint density at radius 1 is 1.12 bits per heavy atom. The molecule has 0 saturated heterocycles. The first-order valence-corrected chi connectivity index (χ1v) is 5.19. The van der Waals surface area contributed by atoms with E-state index in [-0.39, 0.29) is 0 Å². The highest BCUT2D eigenvalue weighted by atomic mass is 35.5. The zero-order valence-corrected chi connectivity index (χ0v) is 8.98. The number of nitrogens with zero attached hydrogens (tertiary/aromatic N) is 2. The van der Waals surface area contributed by atoms with Gasteiger partial charge in [0, 0.05) is 11.2 Å². The van der Waals surface area contributed by atoms with E-state index in [1.54, 1.807) is 12.3 Å². The van der Waals surface area contributed by atoms with E-state index in [9.17, 15) is 0 Å². The van der Waals surface area contributed by atoms with Crippen LogP contribution in [-0.4, -0.2) is 10.1 Å². The van der Waals surface area contributed by atoms with Gasteiger partial charge >= 0.3 is 0 Å². The maximum Gasteiger partial charge on any atom is 0.193 e. The molecule has 0 atom stereocenters. The first-order chi connectivity index (χ1) is 7.84. The minimum absolute atomic E-state index is 0.651. The maximum absolute atomic E-state index is 5.95. The van der Waals surface area contributed by atoms with Crippen LogP contribution in [0.15, 0.2) is 47.1 Å². The third-order valence-electron chi connectivity index (χ3n) is 2.34. The quantitative estimate of drug-likeness (QED) is 0.642. The lowest BCUT2D eigenvalue weighted by molar-refractivity contribution is 0.439. The van der Waals surface area contributed by atoms with Crippen LogP contribution < -0.4 is 0 Å². The fourth-order valence-corrected chi connectivity index (χ4v) is 1.77. The Morgan fingerprint density at radius 3 is 2.88 bits per heavy atom. The number of aromatic nitrogens is 2. The van der Waals surface area contributed by atoms with Gasteiger partial charge in [0.05, 0.1) is 5.39 Å². The van der Waals surface area contributed by atoms with E-state index in [0.29, 0.717) is 10.8 Å². The number of hydrogen-bond donors (Lipinski definition) is 0. The Morgan fingerprint density at radius 2 is 2.06 bits per heavy atom. The molecule has 0 N–H and O–H groups in total. The van der Waals surface area contributed by atoms with E-state index in [4.69, 9.17) is 16.1 Å². The van der Waals surface area contributed by atoms with Crippen LogP contribution in [0.5, 0.6) is 0 Å². The summed E-state index contributed by atoms with van der Waals surface area (Å²) in [6, 6.07) is 11.1. The van der Waals surface area contributed by atoms with Crippen LogP contribution in [0.1, 0.15) is 0 Å². The molecule has 0 aliphatic heterocycles. The predicted molar refractivity (Wildman–Crippen MR) is 62.3 cm³/mol. The molecule has 1 aromatic carbocycles. The second-order valence-electron chi connectivity index (χ2n) is 3.39. The number of hydrogen-bond acceptors (Lipinski definition) is 3. The van der Waals surface area contributed by atoms with Gasteiger partial charge in [-0.25, -0.2) is 0 Å². The van der Waals surface area contributed by atoms with Gasteiger partial charge in [-0.1, -0.05) is 22.8 Å². The van der Waals surface area contributed by atoms with Crippen molar-refractivity contribution in [1.82, 2.24) is 10.1 Å². The van der Waals surface area contributed by atoms with Crippen molar-refractivity contribution < 1.29 is 4.52 Å². The van der Waals surface area contributed by atoms with Gasteiger partial charge in [-0.05, 0) is 30.3 Å². The van der Waals surface area contributed by atoms with Crippen molar-refractivity contribution in [2.45, 2.75) is 0 Å². The van der Waals surface area contributed by atoms with Gasteiger partial charge in [-0.2, -0.15) is 0 Å². The molecular formula is C12H7ClN2O. The summed E-state index contributed by atoms with van der Waals surface area (Å²) in [7, 11) is 0. The van der Waals surface area contributed by atoms with E-state index >= 15 is 0 Å². The number of benzene rings is 1. The largest absolute Gasteiger partial charge is 0.353 e. The lowest BCUT2D eigenvalue weighted by atomic mass is 10.2. The molecule has 0 bridgehead atoms. The maximum atomic E-state index is 5.95. The number of halogens is 1. The van der Waals surface area contributed by atoms with Crippen LogP contribution in [-0.2, 0) is 0 Å². The van der Waals surface area contributed by atoms with Gasteiger partial charge in [0.1, 0.15) is 11.2 Å². The van der Waals surface area contributed by atoms with E-state index in [1.165, 1.54) is 0 Å². The topological polar surface area (TPSA) is 38.9 Å². The second-order valence-corrected chi connectivity index (χ2v) is 3.82. The van der Waals surface area contributed by atoms with Crippen LogP contribution in [0.3, 0.4) is 0 Å². The molecule has 2 heterocycles. The highest BCUT2D eigenvalue weighted by Crippen LogP contribution is 2.28. The smallest absolute Gasteiger partial charge is 0.193 e. The Bertz CT molecular complexity index is 634. The summed E-state index contributed by atoms with van der Waals surface area (Å²) in [5.74, 6) is 0.651. The van der Waals surface area contributed by atoms with Gasteiger partial charge in [0.15, 0.2) is 5.76 Å². The molecular weight excluding hydrogens is 224 g/mol. The molecule has 2 aromatic heterocycles. The molecule has 78 valence electrons. The zero-order chi connectivity index (χ0) is 11.0. The molecule has 0 radical (unpaired) electrons. The fourth-order valence-electron chi connectivity index (χ4n) is 1.60. The molecule has 0 amide bonds. The molecule has 0 fully saturated rings. The van der Waals surface area contributed by atoms with Crippen LogP contribution in [0, 0.1) is 0 Å². The lowest BCUT2D eigenvalue weighted by Crippen LogP contribution is -1.79. The lowest BCUT2D eigenvalue weighted by Gasteiger charge is -1.94. The molecule has 16 heavy (non-hydrogen) atoms. The summed E-state index contributed by atoms with van der Waals surface area (Å²) in [5, 5.41) is 5.50. The second kappa shape index (κ2) is 3.61. The van der Waals surface area contributed by atoms with Crippen molar-refractivity contribution in [3.63, 3.8) is 0 Å². The van der Waals surface area contributed by atoms with Gasteiger partial charge in [0.25, 0.3) is 0 Å². The van der Waals surface area contributed by atoms with Crippen molar-refractivity contribution in [2.75, 3.05) is 0 Å². The molecule has 0 aliphatic carbocycles. The first-order valence-electron chi connectivity index (χ1n) is 4.81. The molecule has 0 aliphatic rings.